The third kappa shape index (κ3) is 3.87. The second-order valence-corrected chi connectivity index (χ2v) is 13.8. The highest BCUT2D eigenvalue weighted by atomic mass is 31.1. The smallest absolute Gasteiger partial charge is 0.103 e. The van der Waals surface area contributed by atoms with Gasteiger partial charge in [0.2, 0.25) is 0 Å². The Morgan fingerprint density at radius 2 is 1.00 bits per heavy atom. The van der Waals surface area contributed by atoms with Crippen molar-refractivity contribution in [3.63, 3.8) is 0 Å². The van der Waals surface area contributed by atoms with Crippen LogP contribution in [0.4, 0.5) is 0 Å². The van der Waals surface area contributed by atoms with Crippen molar-refractivity contribution in [1.29, 1.82) is 0 Å². The van der Waals surface area contributed by atoms with E-state index in [0.29, 0.717) is 11.8 Å². The van der Waals surface area contributed by atoms with Crippen molar-refractivity contribution < 1.29 is 4.74 Å². The van der Waals surface area contributed by atoms with Crippen molar-refractivity contribution in [3.05, 3.63) is 121 Å². The summed E-state index contributed by atoms with van der Waals surface area (Å²) in [6, 6.07) is 44.8. The first-order valence-electron chi connectivity index (χ1n) is 11.8. The van der Waals surface area contributed by atoms with Gasteiger partial charge >= 0.3 is 0 Å². The van der Waals surface area contributed by atoms with Gasteiger partial charge in [-0.1, -0.05) is 121 Å². The molecule has 33 heavy (non-hydrogen) atoms. The molecule has 3 heteroatoms. The molecule has 0 radical (unpaired) electrons. The molecule has 0 aromatic heterocycles. The lowest BCUT2D eigenvalue weighted by molar-refractivity contribution is 0.0794. The molecular formula is C30H28OP2. The average molecular weight is 467 g/mol. The number of ether oxygens (including phenoxy) is 1. The standard InChI is InChI=1S/C30H28OP2/c1-5-13-25(14-6-1)32(26-15-7-2-8-16-26)29-23-24-21-22-30(29,31-24)33(27-17-9-3-10-18-27)28-19-11-4-12-20-28/h1-20,24,29H,21-23H2/t24?,29?,30-/m1/s1. The summed E-state index contributed by atoms with van der Waals surface area (Å²) in [5, 5.41) is 5.68. The van der Waals surface area contributed by atoms with Gasteiger partial charge < -0.3 is 4.74 Å². The molecule has 0 saturated carbocycles. The van der Waals surface area contributed by atoms with Crippen molar-refractivity contribution >= 4 is 37.1 Å². The quantitative estimate of drug-likeness (QED) is 0.322. The number of benzene rings is 4. The fourth-order valence-corrected chi connectivity index (χ4v) is 12.5. The Morgan fingerprint density at radius 1 is 0.576 bits per heavy atom. The van der Waals surface area contributed by atoms with Crippen LogP contribution >= 0.6 is 15.8 Å². The van der Waals surface area contributed by atoms with E-state index < -0.39 is 15.8 Å². The van der Waals surface area contributed by atoms with Crippen molar-refractivity contribution in [2.75, 3.05) is 0 Å². The molecule has 0 amide bonds. The Bertz CT molecular complexity index is 1100. The highest BCUT2D eigenvalue weighted by Gasteiger charge is 2.60. The molecule has 2 fully saturated rings. The Balaban J connectivity index is 1.53. The molecule has 4 aromatic carbocycles. The van der Waals surface area contributed by atoms with Crippen LogP contribution in [0.2, 0.25) is 0 Å². The zero-order valence-electron chi connectivity index (χ0n) is 18.6. The summed E-state index contributed by atoms with van der Waals surface area (Å²) >= 11 is 0. The van der Waals surface area contributed by atoms with Gasteiger partial charge in [0.1, 0.15) is 5.34 Å². The summed E-state index contributed by atoms with van der Waals surface area (Å²) in [6.07, 6.45) is 3.87. The van der Waals surface area contributed by atoms with Gasteiger partial charge in [0.15, 0.2) is 0 Å². The highest BCUT2D eigenvalue weighted by Crippen LogP contribution is 2.68. The van der Waals surface area contributed by atoms with Crippen LogP contribution < -0.4 is 21.2 Å². The highest BCUT2D eigenvalue weighted by molar-refractivity contribution is 7.78. The molecule has 2 saturated heterocycles. The maximum absolute atomic E-state index is 7.11. The molecule has 2 aliphatic heterocycles. The summed E-state index contributed by atoms with van der Waals surface area (Å²) < 4.78 is 7.11. The lowest BCUT2D eigenvalue weighted by Gasteiger charge is -2.44. The predicted molar refractivity (Wildman–Crippen MR) is 143 cm³/mol. The molecule has 1 nitrogen and oxygen atoms in total. The van der Waals surface area contributed by atoms with Crippen LogP contribution in [0, 0.1) is 0 Å². The lowest BCUT2D eigenvalue weighted by Crippen LogP contribution is -2.43. The predicted octanol–water partition coefficient (Wildman–Crippen LogP) is 5.90. The minimum atomic E-state index is -0.653. The van der Waals surface area contributed by atoms with Crippen LogP contribution in [0.15, 0.2) is 121 Å². The van der Waals surface area contributed by atoms with Crippen molar-refractivity contribution in [2.45, 2.75) is 36.4 Å². The molecule has 6 rings (SSSR count). The third-order valence-electron chi connectivity index (χ3n) is 6.99. The van der Waals surface area contributed by atoms with Gasteiger partial charge in [0.25, 0.3) is 0 Å². The van der Waals surface area contributed by atoms with E-state index in [0.717, 1.165) is 12.8 Å². The first-order valence-corrected chi connectivity index (χ1v) is 14.6. The van der Waals surface area contributed by atoms with E-state index in [9.17, 15) is 0 Å². The number of hydrogen-bond acceptors (Lipinski definition) is 1. The minimum Gasteiger partial charge on any atom is -0.366 e. The minimum absolute atomic E-state index is 0.125. The SMILES string of the molecule is c1ccc(P(c2ccccc2)C2CC3CC[C@]2(P(c2ccccc2)c2ccccc2)O3)cc1. The van der Waals surface area contributed by atoms with Crippen LogP contribution in [0.25, 0.3) is 0 Å². The molecule has 4 aromatic rings. The summed E-state index contributed by atoms with van der Waals surface area (Å²) in [5.74, 6) is 0. The number of rotatable bonds is 6. The zero-order valence-corrected chi connectivity index (χ0v) is 20.4. The Morgan fingerprint density at radius 3 is 1.42 bits per heavy atom. The Kier molecular flexibility index (Phi) is 5.89. The molecule has 164 valence electrons. The first kappa shape index (κ1) is 21.2. The molecule has 2 bridgehead atoms. The fraction of sp³-hybridized carbons (Fsp3) is 0.200. The largest absolute Gasteiger partial charge is 0.366 e. The van der Waals surface area contributed by atoms with Gasteiger partial charge in [0, 0.05) is 5.66 Å². The van der Waals surface area contributed by atoms with Gasteiger partial charge in [-0.05, 0) is 56.3 Å². The van der Waals surface area contributed by atoms with Gasteiger partial charge in [0.05, 0.1) is 6.10 Å². The second kappa shape index (κ2) is 9.15. The Labute approximate surface area is 199 Å². The van der Waals surface area contributed by atoms with E-state index in [1.807, 2.05) is 0 Å². The zero-order chi connectivity index (χ0) is 22.1. The molecule has 2 aliphatic rings. The van der Waals surface area contributed by atoms with E-state index in [1.54, 1.807) is 0 Å². The normalized spacial score (nSPS) is 23.9. The molecule has 0 N–H and O–H groups in total. The molecule has 3 atom stereocenters. The first-order chi connectivity index (χ1) is 16.4. The van der Waals surface area contributed by atoms with Gasteiger partial charge in [-0.15, -0.1) is 0 Å². The maximum atomic E-state index is 7.11. The van der Waals surface area contributed by atoms with Crippen LogP contribution in [0.5, 0.6) is 0 Å². The summed E-state index contributed by atoms with van der Waals surface area (Å²) in [6.45, 7) is 0. The molecule has 0 aliphatic carbocycles. The van der Waals surface area contributed by atoms with Crippen LogP contribution in [0.1, 0.15) is 19.3 Å². The summed E-state index contributed by atoms with van der Waals surface area (Å²) in [4.78, 5) is 0. The van der Waals surface area contributed by atoms with E-state index in [4.69, 9.17) is 4.74 Å². The number of fused-ring (bicyclic) bond motifs is 2. The van der Waals surface area contributed by atoms with Gasteiger partial charge in [-0.25, -0.2) is 0 Å². The van der Waals surface area contributed by atoms with Crippen molar-refractivity contribution in [3.8, 4) is 0 Å². The second-order valence-electron chi connectivity index (χ2n) is 8.92. The van der Waals surface area contributed by atoms with Crippen LogP contribution in [-0.2, 0) is 4.74 Å². The molecule has 2 heterocycles. The lowest BCUT2D eigenvalue weighted by atomic mass is 9.99. The average Bonchev–Trinajstić information content (AvgIpc) is 3.46. The monoisotopic (exact) mass is 466 g/mol. The van der Waals surface area contributed by atoms with Gasteiger partial charge in [-0.3, -0.25) is 0 Å². The molecule has 0 spiro atoms. The van der Waals surface area contributed by atoms with Crippen molar-refractivity contribution in [1.82, 2.24) is 0 Å². The van der Waals surface area contributed by atoms with Crippen molar-refractivity contribution in [2.24, 2.45) is 0 Å². The summed E-state index contributed by atoms with van der Waals surface area (Å²) in [7, 11) is -1.19. The van der Waals surface area contributed by atoms with Crippen LogP contribution in [-0.4, -0.2) is 17.1 Å². The fourth-order valence-electron chi connectivity index (χ4n) is 5.67. The van der Waals surface area contributed by atoms with Gasteiger partial charge in [-0.2, -0.15) is 0 Å². The summed E-state index contributed by atoms with van der Waals surface area (Å²) in [5.41, 5.74) is 0.502. The Hall–Kier alpha value is -2.30. The van der Waals surface area contributed by atoms with E-state index in [2.05, 4.69) is 121 Å². The van der Waals surface area contributed by atoms with E-state index >= 15 is 0 Å². The topological polar surface area (TPSA) is 9.23 Å². The van der Waals surface area contributed by atoms with E-state index in [1.165, 1.54) is 27.6 Å². The number of hydrogen-bond donors (Lipinski definition) is 0. The third-order valence-corrected chi connectivity index (χ3v) is 13.2. The maximum Gasteiger partial charge on any atom is 0.103 e. The molecule has 2 unspecified atom stereocenters. The van der Waals surface area contributed by atoms with Crippen LogP contribution in [0.3, 0.4) is 0 Å². The van der Waals surface area contributed by atoms with E-state index in [-0.39, 0.29) is 5.34 Å². The molecular weight excluding hydrogens is 438 g/mol.